The van der Waals surface area contributed by atoms with Crippen LogP contribution in [0.5, 0.6) is 5.75 Å². The molecular formula is C14H9F3O3. The first kappa shape index (κ1) is 13.9. The maximum atomic E-state index is 13.4. The van der Waals surface area contributed by atoms with E-state index in [0.717, 1.165) is 30.3 Å². The zero-order chi connectivity index (χ0) is 14.7. The van der Waals surface area contributed by atoms with E-state index >= 15 is 0 Å². The topological polar surface area (TPSA) is 46.5 Å². The quantitative estimate of drug-likeness (QED) is 0.935. The standard InChI is InChI=1S/C14H9F3O3/c15-8-4-5-13(9(6-8)14(18)19)20-7-10-11(16)2-1-3-12(10)17/h1-6H,7H2,(H,18,19). The molecule has 0 aromatic heterocycles. The third-order valence-corrected chi connectivity index (χ3v) is 2.61. The number of ether oxygens (including phenoxy) is 1. The van der Waals surface area contributed by atoms with E-state index in [1.54, 1.807) is 0 Å². The average Bonchev–Trinajstić information content (AvgIpc) is 2.39. The van der Waals surface area contributed by atoms with Crippen molar-refractivity contribution < 1.29 is 27.8 Å². The molecule has 0 aliphatic heterocycles. The first-order valence-corrected chi connectivity index (χ1v) is 5.57. The Kier molecular flexibility index (Phi) is 3.93. The van der Waals surface area contributed by atoms with Crippen molar-refractivity contribution in [3.05, 3.63) is 65.0 Å². The molecule has 0 atom stereocenters. The largest absolute Gasteiger partial charge is 0.488 e. The molecule has 20 heavy (non-hydrogen) atoms. The fraction of sp³-hybridized carbons (Fsp3) is 0.0714. The minimum absolute atomic E-state index is 0.165. The summed E-state index contributed by atoms with van der Waals surface area (Å²) in [4.78, 5) is 10.9. The number of hydrogen-bond donors (Lipinski definition) is 1. The second kappa shape index (κ2) is 5.64. The predicted molar refractivity (Wildman–Crippen MR) is 64.0 cm³/mol. The summed E-state index contributed by atoms with van der Waals surface area (Å²) in [6, 6.07) is 6.19. The number of hydrogen-bond acceptors (Lipinski definition) is 2. The van der Waals surface area contributed by atoms with Gasteiger partial charge >= 0.3 is 5.97 Å². The van der Waals surface area contributed by atoms with Gasteiger partial charge in [0.05, 0.1) is 5.56 Å². The molecule has 0 heterocycles. The highest BCUT2D eigenvalue weighted by Gasteiger charge is 2.15. The molecule has 0 fully saturated rings. The number of carbonyl (C=O) groups is 1. The Hall–Kier alpha value is -2.50. The maximum absolute atomic E-state index is 13.4. The van der Waals surface area contributed by atoms with Crippen molar-refractivity contribution in [1.29, 1.82) is 0 Å². The van der Waals surface area contributed by atoms with E-state index in [9.17, 15) is 18.0 Å². The van der Waals surface area contributed by atoms with Crippen molar-refractivity contribution in [3.63, 3.8) is 0 Å². The Bertz CT molecular complexity index is 636. The Balaban J connectivity index is 2.25. The van der Waals surface area contributed by atoms with E-state index in [2.05, 4.69) is 0 Å². The van der Waals surface area contributed by atoms with Gasteiger partial charge < -0.3 is 9.84 Å². The van der Waals surface area contributed by atoms with Crippen molar-refractivity contribution in [2.45, 2.75) is 6.61 Å². The smallest absolute Gasteiger partial charge is 0.339 e. The molecule has 0 aliphatic rings. The average molecular weight is 282 g/mol. The van der Waals surface area contributed by atoms with Crippen LogP contribution in [0.4, 0.5) is 13.2 Å². The van der Waals surface area contributed by atoms with Gasteiger partial charge in [-0.15, -0.1) is 0 Å². The highest BCUT2D eigenvalue weighted by Crippen LogP contribution is 2.22. The first-order valence-electron chi connectivity index (χ1n) is 5.57. The summed E-state index contributed by atoms with van der Waals surface area (Å²) >= 11 is 0. The number of rotatable bonds is 4. The lowest BCUT2D eigenvalue weighted by Gasteiger charge is -2.10. The molecule has 2 rings (SSSR count). The molecular weight excluding hydrogens is 273 g/mol. The fourth-order valence-corrected chi connectivity index (χ4v) is 1.62. The summed E-state index contributed by atoms with van der Waals surface area (Å²) in [5.41, 5.74) is -0.741. The molecule has 104 valence electrons. The van der Waals surface area contributed by atoms with E-state index in [1.807, 2.05) is 0 Å². The molecule has 0 unspecified atom stereocenters. The summed E-state index contributed by atoms with van der Waals surface area (Å²) in [5.74, 6) is -3.91. The van der Waals surface area contributed by atoms with Gasteiger partial charge in [-0.3, -0.25) is 0 Å². The zero-order valence-corrected chi connectivity index (χ0v) is 10.1. The number of carboxylic acids is 1. The summed E-state index contributed by atoms with van der Waals surface area (Å²) in [7, 11) is 0. The van der Waals surface area contributed by atoms with Crippen LogP contribution in [0.25, 0.3) is 0 Å². The second-order valence-electron chi connectivity index (χ2n) is 3.93. The van der Waals surface area contributed by atoms with Gasteiger partial charge in [0.2, 0.25) is 0 Å². The van der Waals surface area contributed by atoms with Gasteiger partial charge in [-0.1, -0.05) is 6.07 Å². The Morgan fingerprint density at radius 1 is 1.10 bits per heavy atom. The predicted octanol–water partition coefficient (Wildman–Crippen LogP) is 3.38. The van der Waals surface area contributed by atoms with Crippen LogP contribution in [0.2, 0.25) is 0 Å². The van der Waals surface area contributed by atoms with Crippen LogP contribution in [0, 0.1) is 17.5 Å². The van der Waals surface area contributed by atoms with E-state index < -0.39 is 35.6 Å². The number of aromatic carboxylic acids is 1. The molecule has 0 saturated heterocycles. The van der Waals surface area contributed by atoms with Crippen molar-refractivity contribution in [3.8, 4) is 5.75 Å². The van der Waals surface area contributed by atoms with Gasteiger partial charge in [0.25, 0.3) is 0 Å². The lowest BCUT2D eigenvalue weighted by molar-refractivity contribution is 0.0691. The molecule has 3 nitrogen and oxygen atoms in total. The molecule has 2 aromatic rings. The fourth-order valence-electron chi connectivity index (χ4n) is 1.62. The zero-order valence-electron chi connectivity index (χ0n) is 10.1. The Labute approximate surface area is 112 Å². The van der Waals surface area contributed by atoms with Crippen LogP contribution in [0.3, 0.4) is 0 Å². The molecule has 0 amide bonds. The minimum atomic E-state index is -1.39. The third kappa shape index (κ3) is 2.90. The van der Waals surface area contributed by atoms with E-state index in [1.165, 1.54) is 6.07 Å². The third-order valence-electron chi connectivity index (χ3n) is 2.61. The number of carboxylic acid groups (broad SMARTS) is 1. The van der Waals surface area contributed by atoms with Crippen LogP contribution in [-0.4, -0.2) is 11.1 Å². The number of benzene rings is 2. The van der Waals surface area contributed by atoms with Crippen molar-refractivity contribution >= 4 is 5.97 Å². The molecule has 0 bridgehead atoms. The van der Waals surface area contributed by atoms with Gasteiger partial charge in [0, 0.05) is 0 Å². The van der Waals surface area contributed by atoms with Crippen LogP contribution >= 0.6 is 0 Å². The monoisotopic (exact) mass is 282 g/mol. The van der Waals surface area contributed by atoms with Gasteiger partial charge in [-0.05, 0) is 30.3 Å². The lowest BCUT2D eigenvalue weighted by atomic mass is 10.2. The summed E-state index contributed by atoms with van der Waals surface area (Å²) in [6.45, 7) is -0.496. The molecule has 0 saturated carbocycles. The second-order valence-corrected chi connectivity index (χ2v) is 3.93. The lowest BCUT2D eigenvalue weighted by Crippen LogP contribution is -2.06. The van der Waals surface area contributed by atoms with Crippen molar-refractivity contribution in [2.24, 2.45) is 0 Å². The van der Waals surface area contributed by atoms with Gasteiger partial charge in [0.15, 0.2) is 0 Å². The van der Waals surface area contributed by atoms with E-state index in [0.29, 0.717) is 0 Å². The first-order chi connectivity index (χ1) is 9.49. The highest BCUT2D eigenvalue weighted by molar-refractivity contribution is 5.90. The molecule has 0 aliphatic carbocycles. The maximum Gasteiger partial charge on any atom is 0.339 e. The summed E-state index contributed by atoms with van der Waals surface area (Å²) in [6.07, 6.45) is 0. The highest BCUT2D eigenvalue weighted by atomic mass is 19.1. The summed E-state index contributed by atoms with van der Waals surface area (Å²) in [5, 5.41) is 8.90. The molecule has 1 N–H and O–H groups in total. The van der Waals surface area contributed by atoms with Crippen LogP contribution in [0.1, 0.15) is 15.9 Å². The molecule has 0 spiro atoms. The van der Waals surface area contributed by atoms with Crippen molar-refractivity contribution in [1.82, 2.24) is 0 Å². The van der Waals surface area contributed by atoms with Gasteiger partial charge in [0.1, 0.15) is 35.4 Å². The number of halogens is 3. The SMILES string of the molecule is O=C(O)c1cc(F)ccc1OCc1c(F)cccc1F. The van der Waals surface area contributed by atoms with Crippen LogP contribution < -0.4 is 4.74 Å². The summed E-state index contributed by atoms with van der Waals surface area (Å²) < 4.78 is 44.8. The van der Waals surface area contributed by atoms with E-state index in [4.69, 9.17) is 9.84 Å². The van der Waals surface area contributed by atoms with Crippen molar-refractivity contribution in [2.75, 3.05) is 0 Å². The minimum Gasteiger partial charge on any atom is -0.488 e. The Morgan fingerprint density at radius 3 is 2.35 bits per heavy atom. The normalized spacial score (nSPS) is 10.3. The van der Waals surface area contributed by atoms with Crippen LogP contribution in [-0.2, 0) is 6.61 Å². The molecule has 2 aromatic carbocycles. The van der Waals surface area contributed by atoms with Gasteiger partial charge in [-0.25, -0.2) is 18.0 Å². The van der Waals surface area contributed by atoms with Gasteiger partial charge in [-0.2, -0.15) is 0 Å². The Morgan fingerprint density at radius 2 is 1.75 bits per heavy atom. The van der Waals surface area contributed by atoms with E-state index in [-0.39, 0.29) is 11.3 Å². The molecule has 0 radical (unpaired) electrons. The van der Waals surface area contributed by atoms with Crippen LogP contribution in [0.15, 0.2) is 36.4 Å². The molecule has 6 heteroatoms.